The zero-order valence-corrected chi connectivity index (χ0v) is 18.4. The maximum atomic E-state index is 11.0. The van der Waals surface area contributed by atoms with E-state index in [1.54, 1.807) is 30.2 Å². The Labute approximate surface area is 188 Å². The summed E-state index contributed by atoms with van der Waals surface area (Å²) in [6.07, 6.45) is 7.22. The Hall–Kier alpha value is -3.23. The lowest BCUT2D eigenvalue weighted by molar-refractivity contribution is -0.125. The van der Waals surface area contributed by atoms with E-state index in [0.29, 0.717) is 36.1 Å². The first-order valence-electron chi connectivity index (χ1n) is 10.7. The molecule has 0 bridgehead atoms. The number of hydrogen-bond acceptors (Lipinski definition) is 6. The number of nitrogens with two attached hydrogens (primary N) is 2. The quantitative estimate of drug-likeness (QED) is 0.530. The van der Waals surface area contributed by atoms with Crippen molar-refractivity contribution < 1.29 is 19.4 Å². The normalized spacial score (nSPS) is 20.7. The second kappa shape index (κ2) is 10.9. The second-order valence-electron chi connectivity index (χ2n) is 7.88. The van der Waals surface area contributed by atoms with Gasteiger partial charge in [0.15, 0.2) is 0 Å². The number of aromatic hydroxyl groups is 1. The van der Waals surface area contributed by atoms with Crippen LogP contribution in [0.1, 0.15) is 35.4 Å². The first kappa shape index (κ1) is 23.4. The van der Waals surface area contributed by atoms with Crippen molar-refractivity contribution in [3.05, 3.63) is 59.8 Å². The molecule has 1 aromatic heterocycles. The third-order valence-corrected chi connectivity index (χ3v) is 5.83. The molecule has 1 aromatic carbocycles. The zero-order valence-electron chi connectivity index (χ0n) is 18.4. The standard InChI is InChI=1S/C16H19N3O2.C8H13NO2/c17-14(11-3-1-2-4-15(11)20)7-12-13(8-19-16(12)18)10-5-6-21-9-10;1-3-8(10)9-5-4-7(6-9)11-2/h1-4,7-8,10,19-20H,5-6,9,17-18H2;3,7H,1,4-6H2,2H3/b14-7-;/t10-;/m1./s1. The number of rotatable bonds is 5. The smallest absolute Gasteiger partial charge is 0.246 e. The van der Waals surface area contributed by atoms with Gasteiger partial charge in [0.1, 0.15) is 11.6 Å². The van der Waals surface area contributed by atoms with Gasteiger partial charge in [0.25, 0.3) is 0 Å². The number of phenolic OH excluding ortho intramolecular Hbond substituents is 1. The molecule has 8 nitrogen and oxygen atoms in total. The summed E-state index contributed by atoms with van der Waals surface area (Å²) in [5.74, 6) is 1.08. The largest absolute Gasteiger partial charge is 0.507 e. The number of nitrogens with one attached hydrogen (secondary N) is 1. The van der Waals surface area contributed by atoms with Crippen LogP contribution < -0.4 is 11.5 Å². The van der Waals surface area contributed by atoms with Gasteiger partial charge in [0.05, 0.1) is 12.7 Å². The fourth-order valence-corrected chi connectivity index (χ4v) is 3.95. The summed E-state index contributed by atoms with van der Waals surface area (Å²) in [5.41, 5.74) is 15.2. The summed E-state index contributed by atoms with van der Waals surface area (Å²) in [6, 6.07) is 6.99. The molecule has 1 unspecified atom stereocenters. The van der Waals surface area contributed by atoms with Gasteiger partial charge in [-0.3, -0.25) is 4.79 Å². The Bertz CT molecular complexity index is 963. The van der Waals surface area contributed by atoms with Gasteiger partial charge < -0.3 is 35.9 Å². The van der Waals surface area contributed by atoms with Crippen molar-refractivity contribution in [3.63, 3.8) is 0 Å². The van der Waals surface area contributed by atoms with Gasteiger partial charge in [0, 0.05) is 55.7 Å². The van der Waals surface area contributed by atoms with E-state index in [-0.39, 0.29) is 17.8 Å². The fourth-order valence-electron chi connectivity index (χ4n) is 3.95. The number of aromatic amines is 1. The molecule has 0 radical (unpaired) electrons. The molecule has 2 fully saturated rings. The third-order valence-electron chi connectivity index (χ3n) is 5.83. The Kier molecular flexibility index (Phi) is 7.97. The number of nitrogens with zero attached hydrogens (tertiary/aromatic N) is 1. The average Bonchev–Trinajstić information content (AvgIpc) is 3.56. The van der Waals surface area contributed by atoms with Crippen LogP contribution in [0.15, 0.2) is 43.1 Å². The van der Waals surface area contributed by atoms with Crippen molar-refractivity contribution in [1.29, 1.82) is 0 Å². The van der Waals surface area contributed by atoms with Gasteiger partial charge in [-0.25, -0.2) is 0 Å². The second-order valence-corrected chi connectivity index (χ2v) is 7.88. The Morgan fingerprint density at radius 1 is 1.38 bits per heavy atom. The van der Waals surface area contributed by atoms with Crippen molar-refractivity contribution >= 4 is 23.5 Å². The summed E-state index contributed by atoms with van der Waals surface area (Å²) >= 11 is 0. The van der Waals surface area contributed by atoms with Crippen LogP contribution in [0.4, 0.5) is 5.82 Å². The molecule has 2 aliphatic heterocycles. The molecule has 0 saturated carbocycles. The number of nitrogen functional groups attached to an aromatic ring is 1. The van der Waals surface area contributed by atoms with E-state index in [9.17, 15) is 9.90 Å². The lowest BCUT2D eigenvalue weighted by Gasteiger charge is -2.12. The number of para-hydroxylation sites is 1. The van der Waals surface area contributed by atoms with Crippen LogP contribution >= 0.6 is 0 Å². The molecule has 1 amide bonds. The highest BCUT2D eigenvalue weighted by Crippen LogP contribution is 2.33. The number of carbonyl (C=O) groups is 1. The van der Waals surface area contributed by atoms with Gasteiger partial charge in [0.2, 0.25) is 5.91 Å². The number of methoxy groups -OCH3 is 1. The molecule has 2 saturated heterocycles. The van der Waals surface area contributed by atoms with Gasteiger partial charge in [-0.15, -0.1) is 0 Å². The van der Waals surface area contributed by atoms with E-state index >= 15 is 0 Å². The minimum Gasteiger partial charge on any atom is -0.507 e. The third kappa shape index (κ3) is 5.52. The van der Waals surface area contributed by atoms with Crippen LogP contribution in [0.5, 0.6) is 5.75 Å². The molecule has 32 heavy (non-hydrogen) atoms. The van der Waals surface area contributed by atoms with Crippen LogP contribution in [0.2, 0.25) is 0 Å². The van der Waals surface area contributed by atoms with E-state index in [0.717, 1.165) is 37.1 Å². The predicted molar refractivity (Wildman–Crippen MR) is 126 cm³/mol. The molecule has 6 N–H and O–H groups in total. The summed E-state index contributed by atoms with van der Waals surface area (Å²) in [6.45, 7) is 6.40. The molecule has 0 spiro atoms. The van der Waals surface area contributed by atoms with Gasteiger partial charge in [-0.1, -0.05) is 18.7 Å². The van der Waals surface area contributed by atoms with E-state index in [2.05, 4.69) is 11.6 Å². The van der Waals surface area contributed by atoms with Crippen molar-refractivity contribution in [1.82, 2.24) is 9.88 Å². The van der Waals surface area contributed by atoms with Gasteiger partial charge in [-0.05, 0) is 42.7 Å². The van der Waals surface area contributed by atoms with Crippen molar-refractivity contribution in [2.24, 2.45) is 5.73 Å². The topological polar surface area (TPSA) is 127 Å². The number of H-pyrrole nitrogens is 1. The number of ether oxygens (including phenoxy) is 2. The van der Waals surface area contributed by atoms with E-state index in [1.807, 2.05) is 18.3 Å². The number of aromatic nitrogens is 1. The Morgan fingerprint density at radius 3 is 2.78 bits per heavy atom. The van der Waals surface area contributed by atoms with E-state index in [1.165, 1.54) is 6.08 Å². The summed E-state index contributed by atoms with van der Waals surface area (Å²) in [4.78, 5) is 15.8. The summed E-state index contributed by atoms with van der Waals surface area (Å²) < 4.78 is 10.5. The van der Waals surface area contributed by atoms with Crippen LogP contribution in [0.3, 0.4) is 0 Å². The number of carbonyl (C=O) groups excluding carboxylic acids is 1. The highest BCUT2D eigenvalue weighted by molar-refractivity contribution is 5.87. The number of likely N-dealkylation sites (tertiary alicyclic amines) is 1. The van der Waals surface area contributed by atoms with Crippen molar-refractivity contribution in [2.75, 3.05) is 39.1 Å². The zero-order chi connectivity index (χ0) is 23.1. The van der Waals surface area contributed by atoms with Crippen molar-refractivity contribution in [3.8, 4) is 5.75 Å². The monoisotopic (exact) mass is 440 g/mol. The van der Waals surface area contributed by atoms with Crippen LogP contribution in [-0.2, 0) is 14.3 Å². The highest BCUT2D eigenvalue weighted by Gasteiger charge is 2.24. The molecular weight excluding hydrogens is 408 g/mol. The molecule has 2 aromatic rings. The minimum atomic E-state index is 0.00421. The number of benzene rings is 1. The molecule has 172 valence electrons. The summed E-state index contributed by atoms with van der Waals surface area (Å²) in [7, 11) is 1.67. The van der Waals surface area contributed by atoms with Gasteiger partial charge >= 0.3 is 0 Å². The molecule has 8 heteroatoms. The number of phenols is 1. The van der Waals surface area contributed by atoms with Crippen LogP contribution in [0.25, 0.3) is 11.8 Å². The first-order chi connectivity index (χ1) is 15.4. The van der Waals surface area contributed by atoms with Gasteiger partial charge in [-0.2, -0.15) is 0 Å². The summed E-state index contributed by atoms with van der Waals surface area (Å²) in [5, 5.41) is 9.88. The lowest BCUT2D eigenvalue weighted by Crippen LogP contribution is -2.27. The number of anilines is 1. The molecule has 0 aliphatic carbocycles. The molecule has 2 atom stereocenters. The Balaban J connectivity index is 0.000000222. The number of amides is 1. The van der Waals surface area contributed by atoms with E-state index in [4.69, 9.17) is 20.9 Å². The lowest BCUT2D eigenvalue weighted by atomic mass is 9.96. The van der Waals surface area contributed by atoms with Crippen molar-refractivity contribution in [2.45, 2.75) is 24.9 Å². The average molecular weight is 441 g/mol. The molecule has 4 rings (SSSR count). The van der Waals surface area contributed by atoms with E-state index < -0.39 is 0 Å². The first-order valence-corrected chi connectivity index (χ1v) is 10.7. The fraction of sp³-hybridized carbons (Fsp3) is 0.375. The van der Waals surface area contributed by atoms with Crippen LogP contribution in [-0.4, -0.2) is 60.4 Å². The number of hydrogen-bond donors (Lipinski definition) is 4. The maximum absolute atomic E-state index is 11.0. The SMILES string of the molecule is C=CC(=O)N1CCC(OC)C1.N/C(=C\c1c([C@@H]2CCOC2)c[nH]c1N)c1ccccc1O. The highest BCUT2D eigenvalue weighted by atomic mass is 16.5. The maximum Gasteiger partial charge on any atom is 0.246 e. The molecule has 3 heterocycles. The molecular formula is C24H32N4O4. The minimum absolute atomic E-state index is 0.00421. The van der Waals surface area contributed by atoms with Crippen LogP contribution in [0, 0.1) is 0 Å². The molecule has 2 aliphatic rings. The Morgan fingerprint density at radius 2 is 2.16 bits per heavy atom. The predicted octanol–water partition coefficient (Wildman–Crippen LogP) is 2.68.